The van der Waals surface area contributed by atoms with Crippen molar-refractivity contribution in [3.05, 3.63) is 53.5 Å². The summed E-state index contributed by atoms with van der Waals surface area (Å²) < 4.78 is 37.2. The first-order valence-corrected chi connectivity index (χ1v) is 6.03. The van der Waals surface area contributed by atoms with Crippen LogP contribution >= 0.6 is 0 Å². The lowest BCUT2D eigenvalue weighted by Crippen LogP contribution is -2.27. The molecule has 4 nitrogen and oxygen atoms in total. The lowest BCUT2D eigenvalue weighted by atomic mass is 10.2. The Morgan fingerprint density at radius 1 is 1.10 bits per heavy atom. The van der Waals surface area contributed by atoms with Crippen LogP contribution in [0, 0.1) is 6.92 Å². The smallest absolute Gasteiger partial charge is 0.296 e. The van der Waals surface area contributed by atoms with Crippen LogP contribution in [0.15, 0.2) is 36.7 Å². The molecule has 2 rings (SSSR count). The molecule has 2 aromatic heterocycles. The van der Waals surface area contributed by atoms with E-state index in [9.17, 15) is 18.0 Å². The number of hydrogen-bond acceptors (Lipinski definition) is 3. The minimum Gasteiger partial charge on any atom is -0.296 e. The van der Waals surface area contributed by atoms with Gasteiger partial charge in [-0.2, -0.15) is 13.2 Å². The molecule has 2 heterocycles. The van der Waals surface area contributed by atoms with Crippen molar-refractivity contribution in [3.8, 4) is 0 Å². The maximum absolute atomic E-state index is 12.4. The summed E-state index contributed by atoms with van der Waals surface area (Å²) in [5.74, 6) is -0.0712. The van der Waals surface area contributed by atoms with Crippen LogP contribution in [0.25, 0.3) is 0 Å². The molecule has 0 fully saturated rings. The van der Waals surface area contributed by atoms with E-state index in [2.05, 4.69) is 9.97 Å². The number of nitrogens with zero attached hydrogens (tertiary/aromatic N) is 3. The number of alkyl halides is 3. The van der Waals surface area contributed by atoms with Gasteiger partial charge in [-0.15, -0.1) is 0 Å². The molecule has 1 amide bonds. The molecular formula is C14H12F3N3O. The summed E-state index contributed by atoms with van der Waals surface area (Å²) in [5.41, 5.74) is -0.0289. The Morgan fingerprint density at radius 3 is 2.29 bits per heavy atom. The van der Waals surface area contributed by atoms with Crippen molar-refractivity contribution in [1.29, 1.82) is 0 Å². The van der Waals surface area contributed by atoms with Gasteiger partial charge in [0.15, 0.2) is 0 Å². The fourth-order valence-corrected chi connectivity index (χ4v) is 1.64. The molecule has 0 aliphatic heterocycles. The van der Waals surface area contributed by atoms with Crippen LogP contribution in [-0.4, -0.2) is 22.9 Å². The molecule has 21 heavy (non-hydrogen) atoms. The molecule has 0 aromatic carbocycles. The zero-order valence-electron chi connectivity index (χ0n) is 11.3. The molecular weight excluding hydrogens is 283 g/mol. The largest absolute Gasteiger partial charge is 0.433 e. The number of pyridine rings is 2. The van der Waals surface area contributed by atoms with Gasteiger partial charge in [0.05, 0.1) is 5.56 Å². The second kappa shape index (κ2) is 5.51. The quantitative estimate of drug-likeness (QED) is 0.855. The van der Waals surface area contributed by atoms with Crippen LogP contribution in [0.5, 0.6) is 0 Å². The normalized spacial score (nSPS) is 11.3. The van der Waals surface area contributed by atoms with Crippen molar-refractivity contribution in [2.75, 3.05) is 11.9 Å². The number of carbonyl (C=O) groups is 1. The van der Waals surface area contributed by atoms with Gasteiger partial charge >= 0.3 is 6.18 Å². The number of aryl methyl sites for hydroxylation is 1. The molecule has 0 spiro atoms. The second-order valence-electron chi connectivity index (χ2n) is 4.49. The van der Waals surface area contributed by atoms with Crippen LogP contribution in [0.3, 0.4) is 0 Å². The molecule has 7 heteroatoms. The summed E-state index contributed by atoms with van der Waals surface area (Å²) in [7, 11) is 1.50. The molecule has 0 atom stereocenters. The SMILES string of the molecule is Cc1ccc(N(C)C(=O)c2ccc(C(F)(F)F)nc2)nc1. The molecule has 0 aliphatic carbocycles. The number of carbonyl (C=O) groups excluding carboxylic acids is 1. The topological polar surface area (TPSA) is 46.1 Å². The van der Waals surface area contributed by atoms with Gasteiger partial charge in [-0.25, -0.2) is 4.98 Å². The monoisotopic (exact) mass is 295 g/mol. The summed E-state index contributed by atoms with van der Waals surface area (Å²) in [6.45, 7) is 1.86. The van der Waals surface area contributed by atoms with Crippen LogP contribution < -0.4 is 4.90 Å². The zero-order chi connectivity index (χ0) is 15.6. The van der Waals surface area contributed by atoms with E-state index in [0.29, 0.717) is 5.82 Å². The van der Waals surface area contributed by atoms with Crippen LogP contribution in [0.2, 0.25) is 0 Å². The van der Waals surface area contributed by atoms with Crippen LogP contribution in [-0.2, 0) is 6.18 Å². The van der Waals surface area contributed by atoms with Crippen molar-refractivity contribution in [2.24, 2.45) is 0 Å². The maximum Gasteiger partial charge on any atom is 0.433 e. The Kier molecular flexibility index (Phi) is 3.93. The van der Waals surface area contributed by atoms with Gasteiger partial charge in [-0.1, -0.05) is 6.07 Å². The van der Waals surface area contributed by atoms with Gasteiger partial charge in [0.1, 0.15) is 11.5 Å². The van der Waals surface area contributed by atoms with Crippen molar-refractivity contribution < 1.29 is 18.0 Å². The Hall–Kier alpha value is -2.44. The van der Waals surface area contributed by atoms with E-state index < -0.39 is 17.8 Å². The van der Waals surface area contributed by atoms with Crippen molar-refractivity contribution in [1.82, 2.24) is 9.97 Å². The zero-order valence-corrected chi connectivity index (χ0v) is 11.3. The average Bonchev–Trinajstić information content (AvgIpc) is 2.46. The van der Waals surface area contributed by atoms with E-state index in [1.165, 1.54) is 11.9 Å². The van der Waals surface area contributed by atoms with Gasteiger partial charge in [-0.05, 0) is 30.7 Å². The maximum atomic E-state index is 12.4. The van der Waals surface area contributed by atoms with Crippen LogP contribution in [0.4, 0.5) is 19.0 Å². The molecule has 110 valence electrons. The molecule has 0 aliphatic rings. The number of rotatable bonds is 2. The summed E-state index contributed by atoms with van der Waals surface area (Å²) in [5, 5.41) is 0. The van der Waals surface area contributed by atoms with Gasteiger partial charge < -0.3 is 0 Å². The first kappa shape index (κ1) is 15.0. The molecule has 0 radical (unpaired) electrons. The molecule has 0 unspecified atom stereocenters. The highest BCUT2D eigenvalue weighted by Crippen LogP contribution is 2.27. The Balaban J connectivity index is 2.21. The number of amides is 1. The fraction of sp³-hybridized carbons (Fsp3) is 0.214. The molecule has 0 bridgehead atoms. The Bertz CT molecular complexity index is 636. The van der Waals surface area contributed by atoms with Crippen LogP contribution in [0.1, 0.15) is 21.6 Å². The minimum absolute atomic E-state index is 0.0628. The molecule has 2 aromatic rings. The number of anilines is 1. The molecule has 0 saturated carbocycles. The van der Waals surface area contributed by atoms with Gasteiger partial charge in [0.25, 0.3) is 5.91 Å². The first-order chi connectivity index (χ1) is 9.79. The lowest BCUT2D eigenvalue weighted by Gasteiger charge is -2.16. The molecule has 0 N–H and O–H groups in total. The summed E-state index contributed by atoms with van der Waals surface area (Å²) in [4.78, 5) is 20.8. The van der Waals surface area contributed by atoms with Gasteiger partial charge in [0, 0.05) is 19.4 Å². The van der Waals surface area contributed by atoms with E-state index in [0.717, 1.165) is 23.9 Å². The van der Waals surface area contributed by atoms with E-state index in [-0.39, 0.29) is 5.56 Å². The van der Waals surface area contributed by atoms with Crippen molar-refractivity contribution >= 4 is 11.7 Å². The third-order valence-electron chi connectivity index (χ3n) is 2.84. The average molecular weight is 295 g/mol. The number of hydrogen-bond donors (Lipinski definition) is 0. The third-order valence-corrected chi connectivity index (χ3v) is 2.84. The predicted molar refractivity (Wildman–Crippen MR) is 70.9 cm³/mol. The van der Waals surface area contributed by atoms with E-state index in [1.807, 2.05) is 6.92 Å². The van der Waals surface area contributed by atoms with Gasteiger partial charge in [0.2, 0.25) is 0 Å². The van der Waals surface area contributed by atoms with E-state index in [1.54, 1.807) is 18.3 Å². The molecule has 0 saturated heterocycles. The predicted octanol–water partition coefficient (Wildman–Crippen LogP) is 3.08. The van der Waals surface area contributed by atoms with Crippen molar-refractivity contribution in [2.45, 2.75) is 13.1 Å². The summed E-state index contributed by atoms with van der Waals surface area (Å²) in [6.07, 6.45) is -2.01. The highest BCUT2D eigenvalue weighted by molar-refractivity contribution is 6.04. The lowest BCUT2D eigenvalue weighted by molar-refractivity contribution is -0.141. The summed E-state index contributed by atoms with van der Waals surface area (Å²) in [6, 6.07) is 5.33. The second-order valence-corrected chi connectivity index (χ2v) is 4.49. The third kappa shape index (κ3) is 3.36. The van der Waals surface area contributed by atoms with Crippen molar-refractivity contribution in [3.63, 3.8) is 0 Å². The first-order valence-electron chi connectivity index (χ1n) is 6.03. The highest BCUT2D eigenvalue weighted by Gasteiger charge is 2.32. The number of aromatic nitrogens is 2. The highest BCUT2D eigenvalue weighted by atomic mass is 19.4. The Morgan fingerprint density at radius 2 is 1.81 bits per heavy atom. The van der Waals surface area contributed by atoms with Gasteiger partial charge in [-0.3, -0.25) is 14.7 Å². The summed E-state index contributed by atoms with van der Waals surface area (Å²) >= 11 is 0. The Labute approximate surface area is 119 Å². The standard InChI is InChI=1S/C14H12F3N3O/c1-9-3-6-12(19-7-9)20(2)13(21)10-4-5-11(18-8-10)14(15,16)17/h3-8H,1-2H3. The van der Waals surface area contributed by atoms with E-state index in [4.69, 9.17) is 0 Å². The minimum atomic E-state index is -4.52. The number of halogens is 3. The fourth-order valence-electron chi connectivity index (χ4n) is 1.64. The van der Waals surface area contributed by atoms with E-state index >= 15 is 0 Å².